The Morgan fingerprint density at radius 2 is 2.13 bits per heavy atom. The number of para-hydroxylation sites is 1. The molecule has 0 bridgehead atoms. The van der Waals surface area contributed by atoms with E-state index in [4.69, 9.17) is 18.2 Å². The Bertz CT molecular complexity index is 975. The molecule has 112 valence electrons. The van der Waals surface area contributed by atoms with Gasteiger partial charge >= 0.3 is 0 Å². The van der Waals surface area contributed by atoms with E-state index in [0.29, 0.717) is 22.3 Å². The molecule has 1 N–H and O–H groups in total. The van der Waals surface area contributed by atoms with Crippen molar-refractivity contribution in [3.05, 3.63) is 65.2 Å². The van der Waals surface area contributed by atoms with Crippen LogP contribution in [0.2, 0.25) is 5.02 Å². The van der Waals surface area contributed by atoms with Gasteiger partial charge in [0.1, 0.15) is 19.3 Å². The Hall–Kier alpha value is -2.97. The van der Waals surface area contributed by atoms with Gasteiger partial charge in [0.05, 0.1) is 22.3 Å². The maximum atomic E-state index is 14.4. The second-order valence-corrected chi connectivity index (χ2v) is 5.04. The van der Waals surface area contributed by atoms with Crippen LogP contribution in [-0.4, -0.2) is 9.97 Å². The molecule has 0 fully saturated rings. The largest absolute Gasteiger partial charge is 0.336 e. The number of aromatic nitrogens is 2. The predicted octanol–water partition coefficient (Wildman–Crippen LogP) is 4.70. The molecule has 0 saturated carbocycles. The van der Waals surface area contributed by atoms with Crippen LogP contribution in [0.1, 0.15) is 6.93 Å². The van der Waals surface area contributed by atoms with Crippen LogP contribution in [0.3, 0.4) is 0 Å². The van der Waals surface area contributed by atoms with Crippen LogP contribution in [0.15, 0.2) is 48.8 Å². The topological polar surface area (TPSA) is 61.6 Å². The number of nitrogens with zero attached hydrogens (tertiary/aromatic N) is 3. The van der Waals surface area contributed by atoms with Crippen LogP contribution < -0.4 is 5.32 Å². The molecular formula is C17H10ClFN4. The number of hydrogen-bond acceptors (Lipinski definition) is 4. The van der Waals surface area contributed by atoms with Gasteiger partial charge in [-0.1, -0.05) is 23.7 Å². The number of benzene rings is 2. The van der Waals surface area contributed by atoms with Crippen molar-refractivity contribution in [2.24, 2.45) is 0 Å². The molecule has 0 spiro atoms. The summed E-state index contributed by atoms with van der Waals surface area (Å²) >= 11 is 6.14. The van der Waals surface area contributed by atoms with E-state index < -0.39 is 5.82 Å². The van der Waals surface area contributed by atoms with Crippen molar-refractivity contribution in [2.75, 3.05) is 5.32 Å². The molecule has 0 unspecified atom stereocenters. The summed E-state index contributed by atoms with van der Waals surface area (Å²) < 4.78 is 22.0. The Kier molecular flexibility index (Phi) is 3.82. The fourth-order valence-corrected chi connectivity index (χ4v) is 2.38. The number of nitriles is 1. The zero-order valence-electron chi connectivity index (χ0n) is 12.7. The number of nitrogens with one attached hydrogen (secondary N) is 1. The lowest BCUT2D eigenvalue weighted by Gasteiger charge is -2.11. The number of hydrogen-bond donors (Lipinski definition) is 1. The zero-order valence-corrected chi connectivity index (χ0v) is 12.5. The summed E-state index contributed by atoms with van der Waals surface area (Å²) in [5, 5.41) is 12.2. The smallest absolute Gasteiger partial charge is 0.148 e. The lowest BCUT2D eigenvalue weighted by Crippen LogP contribution is -1.99. The molecule has 0 saturated heterocycles. The summed E-state index contributed by atoms with van der Waals surface area (Å²) in [5.41, 5.74) is 1.09. The van der Waals surface area contributed by atoms with Crippen LogP contribution >= 0.6 is 11.6 Å². The molecule has 0 aliphatic rings. The SMILES string of the molecule is [2H]c1nc(Nc2c(F)cc(C=CC#N)cc2Cl)c2ccccc2n1. The molecule has 0 radical (unpaired) electrons. The van der Waals surface area contributed by atoms with E-state index in [2.05, 4.69) is 15.3 Å². The van der Waals surface area contributed by atoms with Crippen molar-refractivity contribution in [1.82, 2.24) is 9.97 Å². The normalized spacial score (nSPS) is 11.4. The lowest BCUT2D eigenvalue weighted by molar-refractivity contribution is 0.631. The average Bonchev–Trinajstić information content (AvgIpc) is 2.56. The van der Waals surface area contributed by atoms with Crippen molar-refractivity contribution in [2.45, 2.75) is 0 Å². The quantitative estimate of drug-likeness (QED) is 0.709. The molecule has 4 nitrogen and oxygen atoms in total. The van der Waals surface area contributed by atoms with Crippen molar-refractivity contribution in [3.8, 4) is 6.07 Å². The standard InChI is InChI=1S/C17H10ClFN4/c18-13-8-11(4-3-7-20)9-14(19)16(13)23-17-12-5-1-2-6-15(12)21-10-22-17/h1-6,8-10H,(H,21,22,23)/i10D. The van der Waals surface area contributed by atoms with Gasteiger partial charge in [0.2, 0.25) is 0 Å². The van der Waals surface area contributed by atoms with Crippen LogP contribution in [0.4, 0.5) is 15.9 Å². The summed E-state index contributed by atoms with van der Waals surface area (Å²) in [6, 6.07) is 11.7. The minimum absolute atomic E-state index is 0.0500. The zero-order chi connectivity index (χ0) is 17.1. The maximum Gasteiger partial charge on any atom is 0.148 e. The minimum atomic E-state index is -0.589. The van der Waals surface area contributed by atoms with E-state index in [0.717, 1.165) is 0 Å². The van der Waals surface area contributed by atoms with Crippen LogP contribution in [-0.2, 0) is 0 Å². The summed E-state index contributed by atoms with van der Waals surface area (Å²) in [6.45, 7) is 0. The fraction of sp³-hybridized carbons (Fsp3) is 0. The fourth-order valence-electron chi connectivity index (χ4n) is 2.12. The average molecular weight is 326 g/mol. The molecule has 3 aromatic rings. The summed E-state index contributed by atoms with van der Waals surface area (Å²) in [5.74, 6) is -0.291. The predicted molar refractivity (Wildman–Crippen MR) is 88.9 cm³/mol. The van der Waals surface area contributed by atoms with Gasteiger partial charge in [0.25, 0.3) is 0 Å². The summed E-state index contributed by atoms with van der Waals surface area (Å²) in [6.07, 6.45) is 2.52. The monoisotopic (exact) mass is 325 g/mol. The van der Waals surface area contributed by atoms with Crippen LogP contribution in [0.5, 0.6) is 0 Å². The highest BCUT2D eigenvalue weighted by molar-refractivity contribution is 6.33. The second-order valence-electron chi connectivity index (χ2n) is 4.64. The van der Waals surface area contributed by atoms with Gasteiger partial charge < -0.3 is 5.32 Å². The lowest BCUT2D eigenvalue weighted by atomic mass is 10.1. The molecule has 0 atom stereocenters. The number of anilines is 2. The highest BCUT2D eigenvalue weighted by atomic mass is 35.5. The third kappa shape index (κ3) is 3.12. The first-order valence-corrected chi connectivity index (χ1v) is 7.02. The van der Waals surface area contributed by atoms with Crippen LogP contribution in [0, 0.1) is 17.1 Å². The van der Waals surface area contributed by atoms with Gasteiger partial charge in [-0.05, 0) is 35.9 Å². The molecule has 6 heteroatoms. The van der Waals surface area contributed by atoms with E-state index in [1.807, 2.05) is 6.07 Å². The highest BCUT2D eigenvalue weighted by Crippen LogP contribution is 2.31. The summed E-state index contributed by atoms with van der Waals surface area (Å²) in [4.78, 5) is 8.03. The van der Waals surface area contributed by atoms with Gasteiger partial charge in [-0.25, -0.2) is 14.4 Å². The molecule has 23 heavy (non-hydrogen) atoms. The van der Waals surface area contributed by atoms with Gasteiger partial charge in [0.15, 0.2) is 0 Å². The Morgan fingerprint density at radius 1 is 1.30 bits per heavy atom. The van der Waals surface area contributed by atoms with Crippen molar-refractivity contribution < 1.29 is 5.76 Å². The maximum absolute atomic E-state index is 14.4. The first-order chi connectivity index (χ1) is 11.6. The molecule has 2 aromatic carbocycles. The second kappa shape index (κ2) is 6.42. The summed E-state index contributed by atoms with van der Waals surface area (Å²) in [7, 11) is 0. The number of fused-ring (bicyclic) bond motifs is 1. The van der Waals surface area contributed by atoms with E-state index >= 15 is 0 Å². The van der Waals surface area contributed by atoms with Gasteiger partial charge in [0, 0.05) is 11.5 Å². The van der Waals surface area contributed by atoms with E-state index in [-0.39, 0.29) is 17.0 Å². The molecule has 3 rings (SSSR count). The Balaban J connectivity index is 2.06. The number of allylic oxidation sites excluding steroid dienone is 1. The van der Waals surface area contributed by atoms with E-state index in [1.54, 1.807) is 24.3 Å². The molecule has 1 aromatic heterocycles. The Labute approximate surface area is 138 Å². The van der Waals surface area contributed by atoms with Gasteiger partial charge in [-0.3, -0.25) is 0 Å². The Morgan fingerprint density at radius 3 is 2.91 bits per heavy atom. The third-order valence-corrected chi connectivity index (χ3v) is 3.45. The van der Waals surface area contributed by atoms with E-state index in [1.165, 1.54) is 24.3 Å². The molecular weight excluding hydrogens is 315 g/mol. The van der Waals surface area contributed by atoms with Gasteiger partial charge in [-0.2, -0.15) is 5.26 Å². The van der Waals surface area contributed by atoms with Gasteiger partial charge in [-0.15, -0.1) is 0 Å². The molecule has 0 aliphatic carbocycles. The van der Waals surface area contributed by atoms with Crippen molar-refractivity contribution in [1.29, 1.82) is 5.26 Å². The number of rotatable bonds is 3. The minimum Gasteiger partial charge on any atom is -0.336 e. The highest BCUT2D eigenvalue weighted by Gasteiger charge is 2.12. The van der Waals surface area contributed by atoms with Crippen molar-refractivity contribution in [3.63, 3.8) is 0 Å². The molecule has 1 heterocycles. The van der Waals surface area contributed by atoms with Crippen LogP contribution in [0.25, 0.3) is 17.0 Å². The molecule has 0 aliphatic heterocycles. The number of halogens is 2. The first-order valence-electron chi connectivity index (χ1n) is 7.14. The van der Waals surface area contributed by atoms with Crippen molar-refractivity contribution >= 4 is 40.1 Å². The molecule has 0 amide bonds. The first kappa shape index (κ1) is 13.7. The van der Waals surface area contributed by atoms with E-state index in [9.17, 15) is 4.39 Å². The third-order valence-electron chi connectivity index (χ3n) is 3.15.